The first-order chi connectivity index (χ1) is 12.6. The van der Waals surface area contributed by atoms with Gasteiger partial charge in [-0.2, -0.15) is 0 Å². The van der Waals surface area contributed by atoms with Gasteiger partial charge in [-0.25, -0.2) is 4.98 Å². The fourth-order valence-corrected chi connectivity index (χ4v) is 3.90. The molecule has 4 nitrogen and oxygen atoms in total. The molecule has 1 aromatic heterocycles. The molecule has 0 saturated heterocycles. The van der Waals surface area contributed by atoms with E-state index in [-0.39, 0.29) is 6.04 Å². The van der Waals surface area contributed by atoms with Crippen LogP contribution in [0.4, 0.5) is 0 Å². The second-order valence-corrected chi connectivity index (χ2v) is 7.07. The van der Waals surface area contributed by atoms with E-state index in [1.54, 1.807) is 25.6 Å². The monoisotopic (exact) mass is 388 g/mol. The molecule has 0 radical (unpaired) electrons. The zero-order valence-corrected chi connectivity index (χ0v) is 16.5. The summed E-state index contributed by atoms with van der Waals surface area (Å²) in [6, 6.07) is 13.8. The molecule has 26 heavy (non-hydrogen) atoms. The number of ether oxygens (including phenoxy) is 2. The minimum absolute atomic E-state index is 0.139. The Balaban J connectivity index is 1.74. The van der Waals surface area contributed by atoms with Crippen LogP contribution in [0.15, 0.2) is 47.8 Å². The number of thiazole rings is 1. The second kappa shape index (κ2) is 8.54. The molecule has 1 N–H and O–H groups in total. The minimum Gasteiger partial charge on any atom is -0.493 e. The second-order valence-electron chi connectivity index (χ2n) is 5.81. The fraction of sp³-hybridized carbons (Fsp3) is 0.250. The van der Waals surface area contributed by atoms with Gasteiger partial charge in [0.1, 0.15) is 5.01 Å². The number of rotatable bonds is 7. The van der Waals surface area contributed by atoms with Crippen molar-refractivity contribution in [1.82, 2.24) is 10.3 Å². The molecule has 0 saturated carbocycles. The van der Waals surface area contributed by atoms with E-state index >= 15 is 0 Å². The summed E-state index contributed by atoms with van der Waals surface area (Å²) in [6.45, 7) is 2.76. The number of methoxy groups -OCH3 is 2. The topological polar surface area (TPSA) is 43.4 Å². The molecule has 0 spiro atoms. The molecular weight excluding hydrogens is 368 g/mol. The number of hydrogen-bond acceptors (Lipinski definition) is 5. The quantitative estimate of drug-likeness (QED) is 0.594. The highest BCUT2D eigenvalue weighted by Crippen LogP contribution is 2.39. The third kappa shape index (κ3) is 4.01. The van der Waals surface area contributed by atoms with Gasteiger partial charge in [0.15, 0.2) is 11.5 Å². The van der Waals surface area contributed by atoms with Gasteiger partial charge in [-0.1, -0.05) is 35.9 Å². The largest absolute Gasteiger partial charge is 0.493 e. The molecule has 0 unspecified atom stereocenters. The molecule has 2 aromatic carbocycles. The van der Waals surface area contributed by atoms with Crippen LogP contribution < -0.4 is 14.8 Å². The van der Waals surface area contributed by atoms with Crippen molar-refractivity contribution in [3.05, 3.63) is 64.1 Å². The number of para-hydroxylation sites is 1. The Bertz CT molecular complexity index is 882. The number of nitrogens with zero attached hydrogens (tertiary/aromatic N) is 1. The average molecular weight is 389 g/mol. The summed E-state index contributed by atoms with van der Waals surface area (Å²) < 4.78 is 10.9. The zero-order chi connectivity index (χ0) is 18.5. The predicted molar refractivity (Wildman–Crippen MR) is 107 cm³/mol. The van der Waals surface area contributed by atoms with Crippen molar-refractivity contribution >= 4 is 22.9 Å². The maximum atomic E-state index is 6.27. The molecule has 0 fully saturated rings. The van der Waals surface area contributed by atoms with Gasteiger partial charge < -0.3 is 14.8 Å². The molecule has 0 amide bonds. The van der Waals surface area contributed by atoms with Crippen LogP contribution in [0.25, 0.3) is 10.6 Å². The van der Waals surface area contributed by atoms with Crippen LogP contribution in [0, 0.1) is 0 Å². The SMILES string of the molecule is COc1cccc(-c2nc(CN[C@@H](C)c3ccccc3Cl)cs2)c1OC. The summed E-state index contributed by atoms with van der Waals surface area (Å²) in [6.07, 6.45) is 0. The summed E-state index contributed by atoms with van der Waals surface area (Å²) in [5, 5.41) is 7.21. The van der Waals surface area contributed by atoms with Gasteiger partial charge in [-0.3, -0.25) is 0 Å². The Kier molecular flexibility index (Phi) is 6.14. The van der Waals surface area contributed by atoms with E-state index in [1.165, 1.54) is 0 Å². The number of aromatic nitrogens is 1. The number of nitrogens with one attached hydrogen (secondary N) is 1. The highest BCUT2D eigenvalue weighted by Gasteiger charge is 2.15. The Morgan fingerprint density at radius 2 is 1.92 bits per heavy atom. The van der Waals surface area contributed by atoms with Crippen molar-refractivity contribution in [2.45, 2.75) is 19.5 Å². The highest BCUT2D eigenvalue weighted by molar-refractivity contribution is 7.13. The Hall–Kier alpha value is -2.08. The van der Waals surface area contributed by atoms with Gasteiger partial charge in [0.2, 0.25) is 0 Å². The fourth-order valence-electron chi connectivity index (χ4n) is 2.76. The minimum atomic E-state index is 0.139. The first-order valence-electron chi connectivity index (χ1n) is 8.27. The lowest BCUT2D eigenvalue weighted by atomic mass is 10.1. The lowest BCUT2D eigenvalue weighted by molar-refractivity contribution is 0.356. The van der Waals surface area contributed by atoms with Crippen molar-refractivity contribution in [3.63, 3.8) is 0 Å². The molecule has 0 bridgehead atoms. The summed E-state index contributed by atoms with van der Waals surface area (Å²) in [4.78, 5) is 4.74. The Labute approximate surface area is 162 Å². The summed E-state index contributed by atoms with van der Waals surface area (Å²) in [5.74, 6) is 1.40. The van der Waals surface area contributed by atoms with Crippen molar-refractivity contribution in [2.24, 2.45) is 0 Å². The van der Waals surface area contributed by atoms with Gasteiger partial charge in [0.25, 0.3) is 0 Å². The summed E-state index contributed by atoms with van der Waals surface area (Å²) in [5.41, 5.74) is 3.00. The standard InChI is InChI=1S/C20H21ClN2O2S/c1-13(15-7-4-5-9-17(15)21)22-11-14-12-26-20(23-14)16-8-6-10-18(24-2)19(16)25-3/h4-10,12-13,22H,11H2,1-3H3/t13-/m0/s1. The Morgan fingerprint density at radius 3 is 2.65 bits per heavy atom. The third-order valence-electron chi connectivity index (χ3n) is 4.15. The van der Waals surface area contributed by atoms with Crippen LogP contribution in [0.1, 0.15) is 24.2 Å². The first kappa shape index (κ1) is 18.7. The molecule has 0 aliphatic carbocycles. The molecule has 3 aromatic rings. The first-order valence-corrected chi connectivity index (χ1v) is 9.53. The molecule has 3 rings (SSSR count). The van der Waals surface area contributed by atoms with Crippen LogP contribution in [0.2, 0.25) is 5.02 Å². The lowest BCUT2D eigenvalue weighted by Gasteiger charge is -2.14. The van der Waals surface area contributed by atoms with Crippen molar-refractivity contribution in [3.8, 4) is 22.1 Å². The van der Waals surface area contributed by atoms with Crippen molar-refractivity contribution in [2.75, 3.05) is 14.2 Å². The molecule has 0 aliphatic rings. The molecule has 0 aliphatic heterocycles. The van der Waals surface area contributed by atoms with Crippen LogP contribution in [0.5, 0.6) is 11.5 Å². The molecule has 136 valence electrons. The number of benzene rings is 2. The van der Waals surface area contributed by atoms with E-state index in [2.05, 4.69) is 17.6 Å². The van der Waals surface area contributed by atoms with Gasteiger partial charge in [-0.15, -0.1) is 11.3 Å². The smallest absolute Gasteiger partial charge is 0.170 e. The number of hydrogen-bond donors (Lipinski definition) is 1. The molecular formula is C20H21ClN2O2S. The van der Waals surface area contributed by atoms with Gasteiger partial charge in [0.05, 0.1) is 25.5 Å². The number of halogens is 1. The van der Waals surface area contributed by atoms with Gasteiger partial charge >= 0.3 is 0 Å². The van der Waals surface area contributed by atoms with E-state index in [0.717, 1.165) is 26.9 Å². The van der Waals surface area contributed by atoms with Crippen LogP contribution in [-0.2, 0) is 6.54 Å². The van der Waals surface area contributed by atoms with E-state index < -0.39 is 0 Å². The van der Waals surface area contributed by atoms with Crippen LogP contribution in [-0.4, -0.2) is 19.2 Å². The van der Waals surface area contributed by atoms with E-state index in [4.69, 9.17) is 26.1 Å². The molecule has 1 atom stereocenters. The highest BCUT2D eigenvalue weighted by atomic mass is 35.5. The third-order valence-corrected chi connectivity index (χ3v) is 5.41. The molecule has 1 heterocycles. The predicted octanol–water partition coefficient (Wildman–Crippen LogP) is 5.33. The lowest BCUT2D eigenvalue weighted by Crippen LogP contribution is -2.18. The Morgan fingerprint density at radius 1 is 1.12 bits per heavy atom. The van der Waals surface area contributed by atoms with Gasteiger partial charge in [-0.05, 0) is 30.7 Å². The molecule has 6 heteroatoms. The van der Waals surface area contributed by atoms with Crippen molar-refractivity contribution in [1.29, 1.82) is 0 Å². The van der Waals surface area contributed by atoms with E-state index in [0.29, 0.717) is 18.0 Å². The maximum absolute atomic E-state index is 6.27. The maximum Gasteiger partial charge on any atom is 0.170 e. The summed E-state index contributed by atoms with van der Waals surface area (Å²) in [7, 11) is 3.28. The van der Waals surface area contributed by atoms with Gasteiger partial charge in [0, 0.05) is 23.0 Å². The normalized spacial score (nSPS) is 12.0. The average Bonchev–Trinajstić information content (AvgIpc) is 3.14. The van der Waals surface area contributed by atoms with Crippen LogP contribution >= 0.6 is 22.9 Å². The summed E-state index contributed by atoms with van der Waals surface area (Å²) >= 11 is 7.86. The zero-order valence-electron chi connectivity index (χ0n) is 15.0. The van der Waals surface area contributed by atoms with E-state index in [9.17, 15) is 0 Å². The van der Waals surface area contributed by atoms with E-state index in [1.807, 2.05) is 42.5 Å². The van der Waals surface area contributed by atoms with Crippen LogP contribution in [0.3, 0.4) is 0 Å². The van der Waals surface area contributed by atoms with Crippen molar-refractivity contribution < 1.29 is 9.47 Å².